The van der Waals surface area contributed by atoms with Gasteiger partial charge in [0.1, 0.15) is 0 Å². The standard InChI is InChI=1S/C12H30O4S2Si2/c1-11(19(13-3)14-4)7-9-17-18-10-8-12(2)20(15-5)16-6/h11-12,19-20H,7-10H2,1-6H3. The third kappa shape index (κ3) is 9.09. The van der Waals surface area contributed by atoms with E-state index < -0.39 is 18.6 Å². The van der Waals surface area contributed by atoms with Crippen molar-refractivity contribution in [3.63, 3.8) is 0 Å². The number of hydrogen-bond donors (Lipinski definition) is 0. The summed E-state index contributed by atoms with van der Waals surface area (Å²) in [6, 6.07) is 0. The third-order valence-corrected chi connectivity index (χ3v) is 10.1. The molecule has 2 atom stereocenters. The molecule has 0 bridgehead atoms. The molecular weight excluding hydrogens is 328 g/mol. The van der Waals surface area contributed by atoms with Gasteiger partial charge in [-0.25, -0.2) is 0 Å². The van der Waals surface area contributed by atoms with Crippen molar-refractivity contribution in [1.29, 1.82) is 0 Å². The van der Waals surface area contributed by atoms with Gasteiger partial charge in [0.15, 0.2) is 0 Å². The van der Waals surface area contributed by atoms with Crippen molar-refractivity contribution in [2.45, 2.75) is 37.8 Å². The van der Waals surface area contributed by atoms with Crippen LogP contribution >= 0.6 is 21.6 Å². The Bertz CT molecular complexity index is 198. The van der Waals surface area contributed by atoms with E-state index in [2.05, 4.69) is 13.8 Å². The summed E-state index contributed by atoms with van der Waals surface area (Å²) < 4.78 is 21.6. The second kappa shape index (κ2) is 13.6. The molecule has 0 N–H and O–H groups in total. The highest BCUT2D eigenvalue weighted by Crippen LogP contribution is 2.29. The van der Waals surface area contributed by atoms with Crippen LogP contribution in [0.5, 0.6) is 0 Å². The lowest BCUT2D eigenvalue weighted by Gasteiger charge is -2.19. The Hall–Kier alpha value is 0.974. The highest BCUT2D eigenvalue weighted by atomic mass is 33.1. The van der Waals surface area contributed by atoms with Crippen molar-refractivity contribution in [2.24, 2.45) is 0 Å². The minimum absolute atomic E-state index is 0.566. The molecule has 0 aromatic carbocycles. The molecule has 0 aliphatic carbocycles. The molecule has 4 nitrogen and oxygen atoms in total. The van der Waals surface area contributed by atoms with E-state index in [1.54, 1.807) is 28.4 Å². The molecule has 0 rings (SSSR count). The second-order valence-corrected chi connectivity index (χ2v) is 13.2. The lowest BCUT2D eigenvalue weighted by Crippen LogP contribution is -2.25. The number of hydrogen-bond acceptors (Lipinski definition) is 6. The average molecular weight is 359 g/mol. The van der Waals surface area contributed by atoms with Crippen LogP contribution < -0.4 is 0 Å². The van der Waals surface area contributed by atoms with Crippen molar-refractivity contribution in [3.05, 3.63) is 0 Å². The van der Waals surface area contributed by atoms with E-state index in [4.69, 9.17) is 17.7 Å². The predicted molar refractivity (Wildman–Crippen MR) is 95.3 cm³/mol. The van der Waals surface area contributed by atoms with Crippen molar-refractivity contribution < 1.29 is 17.7 Å². The second-order valence-electron chi connectivity index (χ2n) is 4.86. The van der Waals surface area contributed by atoms with Crippen LogP contribution in [0.25, 0.3) is 0 Å². The first-order valence-corrected chi connectivity index (χ1v) is 12.7. The summed E-state index contributed by atoms with van der Waals surface area (Å²) in [7, 11) is 8.06. The maximum atomic E-state index is 5.40. The molecule has 0 amide bonds. The predicted octanol–water partition coefficient (Wildman–Crippen LogP) is 2.95. The van der Waals surface area contributed by atoms with Gasteiger partial charge in [-0.05, 0) is 23.9 Å². The first kappa shape index (κ1) is 21.0. The zero-order chi connectivity index (χ0) is 15.4. The first-order valence-electron chi connectivity index (χ1n) is 6.96. The Labute approximate surface area is 135 Å². The van der Waals surface area contributed by atoms with E-state index in [-0.39, 0.29) is 0 Å². The van der Waals surface area contributed by atoms with Crippen LogP contribution in [-0.2, 0) is 17.7 Å². The molecule has 0 saturated heterocycles. The maximum Gasteiger partial charge on any atom is 0.323 e. The van der Waals surface area contributed by atoms with Gasteiger partial charge in [0, 0.05) is 39.9 Å². The van der Waals surface area contributed by atoms with Crippen LogP contribution in [-0.4, -0.2) is 58.5 Å². The van der Waals surface area contributed by atoms with Crippen LogP contribution in [0.4, 0.5) is 0 Å². The Kier molecular flexibility index (Phi) is 14.3. The summed E-state index contributed by atoms with van der Waals surface area (Å²) in [6.45, 7) is 4.45. The molecule has 0 aromatic heterocycles. The van der Waals surface area contributed by atoms with Gasteiger partial charge in [0.2, 0.25) is 0 Å². The van der Waals surface area contributed by atoms with Crippen molar-refractivity contribution >= 4 is 40.2 Å². The fraction of sp³-hybridized carbons (Fsp3) is 1.00. The quantitative estimate of drug-likeness (QED) is 0.286. The average Bonchev–Trinajstić information content (AvgIpc) is 2.45. The Morgan fingerprint density at radius 2 is 1.00 bits per heavy atom. The highest BCUT2D eigenvalue weighted by Gasteiger charge is 2.20. The molecule has 2 unspecified atom stereocenters. The summed E-state index contributed by atoms with van der Waals surface area (Å²) in [5, 5.41) is 0. The van der Waals surface area contributed by atoms with Crippen LogP contribution in [0.1, 0.15) is 26.7 Å². The fourth-order valence-electron chi connectivity index (χ4n) is 1.98. The maximum absolute atomic E-state index is 5.40. The Balaban J connectivity index is 3.57. The Morgan fingerprint density at radius 1 is 0.700 bits per heavy atom. The number of rotatable bonds is 13. The van der Waals surface area contributed by atoms with Crippen molar-refractivity contribution in [2.75, 3.05) is 39.9 Å². The zero-order valence-corrected chi connectivity index (χ0v) is 17.5. The molecule has 122 valence electrons. The smallest absolute Gasteiger partial charge is 0.323 e. The Morgan fingerprint density at radius 3 is 1.25 bits per heavy atom. The molecule has 0 spiro atoms. The van der Waals surface area contributed by atoms with Gasteiger partial charge in [-0.2, -0.15) is 0 Å². The van der Waals surface area contributed by atoms with Crippen LogP contribution in [0.3, 0.4) is 0 Å². The molecule has 20 heavy (non-hydrogen) atoms. The van der Waals surface area contributed by atoms with Crippen LogP contribution in [0, 0.1) is 0 Å². The van der Waals surface area contributed by atoms with Gasteiger partial charge in [-0.15, -0.1) is 0 Å². The lowest BCUT2D eigenvalue weighted by atomic mass is 10.4. The van der Waals surface area contributed by atoms with E-state index in [9.17, 15) is 0 Å². The molecule has 0 fully saturated rings. The summed E-state index contributed by atoms with van der Waals surface area (Å²) >= 11 is 0. The summed E-state index contributed by atoms with van der Waals surface area (Å²) in [6.07, 6.45) is 2.33. The largest absolute Gasteiger partial charge is 0.400 e. The van der Waals surface area contributed by atoms with E-state index in [1.807, 2.05) is 21.6 Å². The van der Waals surface area contributed by atoms with Gasteiger partial charge in [-0.3, -0.25) is 0 Å². The summed E-state index contributed by atoms with van der Waals surface area (Å²) in [5.41, 5.74) is 1.13. The molecule has 0 saturated carbocycles. The van der Waals surface area contributed by atoms with E-state index >= 15 is 0 Å². The van der Waals surface area contributed by atoms with Gasteiger partial charge in [0.05, 0.1) is 0 Å². The van der Waals surface area contributed by atoms with Crippen molar-refractivity contribution in [1.82, 2.24) is 0 Å². The van der Waals surface area contributed by atoms with Gasteiger partial charge < -0.3 is 17.7 Å². The van der Waals surface area contributed by atoms with E-state index in [0.717, 1.165) is 11.5 Å². The molecule has 8 heteroatoms. The monoisotopic (exact) mass is 358 g/mol. The molecule has 0 heterocycles. The fourth-order valence-corrected chi connectivity index (χ4v) is 8.04. The van der Waals surface area contributed by atoms with Gasteiger partial charge >= 0.3 is 18.6 Å². The molecule has 0 aromatic rings. The van der Waals surface area contributed by atoms with Crippen molar-refractivity contribution in [3.8, 4) is 0 Å². The first-order chi connectivity index (χ1) is 9.60. The summed E-state index contributed by atoms with van der Waals surface area (Å²) in [5.74, 6) is 2.32. The van der Waals surface area contributed by atoms with Crippen LogP contribution in [0.2, 0.25) is 11.1 Å². The van der Waals surface area contributed by atoms with E-state index in [1.165, 1.54) is 12.8 Å². The normalized spacial score (nSPS) is 15.0. The summed E-state index contributed by atoms with van der Waals surface area (Å²) in [4.78, 5) is 0. The minimum atomic E-state index is -1.43. The third-order valence-electron chi connectivity index (χ3n) is 3.25. The van der Waals surface area contributed by atoms with Gasteiger partial charge in [0.25, 0.3) is 0 Å². The highest BCUT2D eigenvalue weighted by molar-refractivity contribution is 8.76. The molecule has 0 aliphatic heterocycles. The molecule has 0 aliphatic rings. The molecular formula is C12H30O4S2Si2. The topological polar surface area (TPSA) is 36.9 Å². The van der Waals surface area contributed by atoms with E-state index in [0.29, 0.717) is 11.1 Å². The minimum Gasteiger partial charge on any atom is -0.400 e. The van der Waals surface area contributed by atoms with Crippen LogP contribution in [0.15, 0.2) is 0 Å². The zero-order valence-electron chi connectivity index (χ0n) is 13.6. The molecule has 0 radical (unpaired) electrons. The van der Waals surface area contributed by atoms with Gasteiger partial charge in [-0.1, -0.05) is 35.4 Å². The lowest BCUT2D eigenvalue weighted by molar-refractivity contribution is 0.266. The SMILES string of the molecule is CO[SiH](OC)C(C)CCSSCCC(C)[SiH](OC)OC.